The second-order valence-electron chi connectivity index (χ2n) is 4.06. The van der Waals surface area contributed by atoms with Crippen molar-refractivity contribution in [1.82, 2.24) is 4.72 Å². The molecule has 1 aromatic rings. The van der Waals surface area contributed by atoms with E-state index >= 15 is 0 Å². The summed E-state index contributed by atoms with van der Waals surface area (Å²) in [5.41, 5.74) is 0.851. The molecular formula is C12H14N2O5S. The van der Waals surface area contributed by atoms with Crippen molar-refractivity contribution in [2.24, 2.45) is 0 Å². The van der Waals surface area contributed by atoms with Crippen LogP contribution in [0.2, 0.25) is 0 Å². The van der Waals surface area contributed by atoms with Crippen molar-refractivity contribution in [3.63, 3.8) is 0 Å². The summed E-state index contributed by atoms with van der Waals surface area (Å²) in [5.74, 6) is -1.33. The first kappa shape index (κ1) is 16.1. The Balaban J connectivity index is 3.08. The predicted octanol–water partition coefficient (Wildman–Crippen LogP) is 0.245. The highest BCUT2D eigenvalue weighted by Gasteiger charge is 2.25. The molecule has 0 aromatic heterocycles. The lowest BCUT2D eigenvalue weighted by molar-refractivity contribution is -0.140. The molecule has 0 aliphatic heterocycles. The van der Waals surface area contributed by atoms with Crippen LogP contribution in [-0.4, -0.2) is 39.3 Å². The maximum Gasteiger partial charge on any atom is 0.324 e. The Bertz CT molecular complexity index is 648. The highest BCUT2D eigenvalue weighted by atomic mass is 32.2. The Morgan fingerprint density at radius 2 is 2.20 bits per heavy atom. The SMILES string of the molecule is COCC(NS(=O)(=O)c1ccc(C#N)c(C)c1)C(=O)O. The van der Waals surface area contributed by atoms with Gasteiger partial charge in [-0.1, -0.05) is 0 Å². The number of methoxy groups -OCH3 is 1. The van der Waals surface area contributed by atoms with Gasteiger partial charge in [0.05, 0.1) is 23.1 Å². The number of rotatable bonds is 6. The van der Waals surface area contributed by atoms with Crippen molar-refractivity contribution in [2.45, 2.75) is 17.9 Å². The molecule has 0 aliphatic carbocycles. The van der Waals surface area contributed by atoms with E-state index in [2.05, 4.69) is 4.74 Å². The number of carboxylic acids is 1. The Labute approximate surface area is 116 Å². The average molecular weight is 298 g/mol. The van der Waals surface area contributed by atoms with Crippen molar-refractivity contribution in [2.75, 3.05) is 13.7 Å². The van der Waals surface area contributed by atoms with Gasteiger partial charge in [0.15, 0.2) is 0 Å². The summed E-state index contributed by atoms with van der Waals surface area (Å²) in [5, 5.41) is 17.7. The zero-order valence-corrected chi connectivity index (χ0v) is 11.8. The van der Waals surface area contributed by atoms with Crippen LogP contribution in [0, 0.1) is 18.3 Å². The van der Waals surface area contributed by atoms with Gasteiger partial charge in [0.2, 0.25) is 10.0 Å². The number of aliphatic carboxylic acids is 1. The third kappa shape index (κ3) is 3.77. The van der Waals surface area contributed by atoms with Crippen LogP contribution in [0.1, 0.15) is 11.1 Å². The van der Waals surface area contributed by atoms with Crippen LogP contribution in [0.3, 0.4) is 0 Å². The fourth-order valence-electron chi connectivity index (χ4n) is 1.51. The highest BCUT2D eigenvalue weighted by molar-refractivity contribution is 7.89. The van der Waals surface area contributed by atoms with Crippen molar-refractivity contribution < 1.29 is 23.1 Å². The number of nitrogens with zero attached hydrogens (tertiary/aromatic N) is 1. The van der Waals surface area contributed by atoms with Gasteiger partial charge in [-0.3, -0.25) is 4.79 Å². The molecule has 0 saturated heterocycles. The number of nitriles is 1. The number of carboxylic acid groups (broad SMARTS) is 1. The first-order valence-corrected chi connectivity index (χ1v) is 7.05. The highest BCUT2D eigenvalue weighted by Crippen LogP contribution is 2.15. The van der Waals surface area contributed by atoms with Gasteiger partial charge in [0.25, 0.3) is 0 Å². The van der Waals surface area contributed by atoms with Gasteiger partial charge in [-0.15, -0.1) is 0 Å². The molecule has 1 aromatic carbocycles. The molecule has 0 saturated carbocycles. The minimum absolute atomic E-state index is 0.101. The normalized spacial score (nSPS) is 12.7. The standard InChI is InChI=1S/C12H14N2O5S/c1-8-5-10(4-3-9(8)6-13)20(17,18)14-11(7-19-2)12(15)16/h3-5,11,14H,7H2,1-2H3,(H,15,16). The number of carbonyl (C=O) groups is 1. The lowest BCUT2D eigenvalue weighted by Gasteiger charge is -2.14. The zero-order valence-electron chi connectivity index (χ0n) is 11.0. The maximum atomic E-state index is 12.1. The molecule has 0 radical (unpaired) electrons. The maximum absolute atomic E-state index is 12.1. The second kappa shape index (κ2) is 6.47. The summed E-state index contributed by atoms with van der Waals surface area (Å²) in [6.07, 6.45) is 0. The van der Waals surface area contributed by atoms with Gasteiger partial charge in [0, 0.05) is 7.11 Å². The third-order valence-electron chi connectivity index (χ3n) is 2.56. The van der Waals surface area contributed by atoms with Gasteiger partial charge in [-0.05, 0) is 30.7 Å². The van der Waals surface area contributed by atoms with Gasteiger partial charge in [-0.25, -0.2) is 8.42 Å². The van der Waals surface area contributed by atoms with Crippen molar-refractivity contribution in [3.05, 3.63) is 29.3 Å². The molecule has 7 nitrogen and oxygen atoms in total. The lowest BCUT2D eigenvalue weighted by atomic mass is 10.1. The van der Waals surface area contributed by atoms with Crippen LogP contribution in [0.25, 0.3) is 0 Å². The molecule has 0 bridgehead atoms. The summed E-state index contributed by atoms with van der Waals surface area (Å²) in [6, 6.07) is 4.48. The Morgan fingerprint density at radius 1 is 1.55 bits per heavy atom. The molecule has 8 heteroatoms. The number of nitrogens with one attached hydrogen (secondary N) is 1. The minimum atomic E-state index is -3.99. The smallest absolute Gasteiger partial charge is 0.324 e. The fourth-order valence-corrected chi connectivity index (χ4v) is 2.77. The Hall–Kier alpha value is -1.95. The van der Waals surface area contributed by atoms with E-state index in [0.29, 0.717) is 11.1 Å². The lowest BCUT2D eigenvalue weighted by Crippen LogP contribution is -2.43. The summed E-state index contributed by atoms with van der Waals surface area (Å²) in [6.45, 7) is 1.31. The van der Waals surface area contributed by atoms with Crippen LogP contribution < -0.4 is 4.72 Å². The molecule has 0 aliphatic rings. The molecule has 20 heavy (non-hydrogen) atoms. The summed E-state index contributed by atoms with van der Waals surface area (Å²) >= 11 is 0. The summed E-state index contributed by atoms with van der Waals surface area (Å²) < 4.78 is 30.8. The minimum Gasteiger partial charge on any atom is -0.480 e. The molecular weight excluding hydrogens is 284 g/mol. The first-order chi connectivity index (χ1) is 9.31. The van der Waals surface area contributed by atoms with Gasteiger partial charge >= 0.3 is 5.97 Å². The number of benzene rings is 1. The van der Waals surface area contributed by atoms with Gasteiger partial charge in [0.1, 0.15) is 6.04 Å². The van der Waals surface area contributed by atoms with E-state index < -0.39 is 22.0 Å². The van der Waals surface area contributed by atoms with E-state index in [1.807, 2.05) is 10.8 Å². The van der Waals surface area contributed by atoms with E-state index in [-0.39, 0.29) is 11.5 Å². The largest absolute Gasteiger partial charge is 0.480 e. The van der Waals surface area contributed by atoms with Crippen LogP contribution in [0.15, 0.2) is 23.1 Å². The topological polar surface area (TPSA) is 116 Å². The molecule has 1 atom stereocenters. The molecule has 1 rings (SSSR count). The van der Waals surface area contributed by atoms with E-state index in [9.17, 15) is 13.2 Å². The van der Waals surface area contributed by atoms with E-state index in [4.69, 9.17) is 10.4 Å². The molecule has 1 unspecified atom stereocenters. The monoisotopic (exact) mass is 298 g/mol. The fraction of sp³-hybridized carbons (Fsp3) is 0.333. The van der Waals surface area contributed by atoms with E-state index in [1.165, 1.54) is 25.3 Å². The van der Waals surface area contributed by atoms with Crippen molar-refractivity contribution >= 4 is 16.0 Å². The molecule has 2 N–H and O–H groups in total. The summed E-state index contributed by atoms with van der Waals surface area (Å²) in [7, 11) is -2.72. The molecule has 0 heterocycles. The van der Waals surface area contributed by atoms with Crippen LogP contribution in [-0.2, 0) is 19.6 Å². The third-order valence-corrected chi connectivity index (χ3v) is 4.03. The van der Waals surface area contributed by atoms with Crippen LogP contribution in [0.5, 0.6) is 0 Å². The Kier molecular flexibility index (Phi) is 5.21. The summed E-state index contributed by atoms with van der Waals surface area (Å²) in [4.78, 5) is 10.8. The predicted molar refractivity (Wildman–Crippen MR) is 69.5 cm³/mol. The van der Waals surface area contributed by atoms with E-state index in [1.54, 1.807) is 6.92 Å². The Morgan fingerprint density at radius 3 is 2.65 bits per heavy atom. The molecule has 0 amide bonds. The quantitative estimate of drug-likeness (QED) is 0.777. The molecule has 108 valence electrons. The zero-order chi connectivity index (χ0) is 15.3. The van der Waals surface area contributed by atoms with Crippen LogP contribution in [0.4, 0.5) is 0 Å². The number of hydrogen-bond acceptors (Lipinski definition) is 5. The van der Waals surface area contributed by atoms with E-state index in [0.717, 1.165) is 0 Å². The van der Waals surface area contributed by atoms with Gasteiger partial charge in [-0.2, -0.15) is 9.98 Å². The van der Waals surface area contributed by atoms with Crippen molar-refractivity contribution in [1.29, 1.82) is 5.26 Å². The number of sulfonamides is 1. The first-order valence-electron chi connectivity index (χ1n) is 5.56. The molecule has 0 fully saturated rings. The number of aryl methyl sites for hydroxylation is 1. The number of hydrogen-bond donors (Lipinski definition) is 2. The second-order valence-corrected chi connectivity index (χ2v) is 5.77. The molecule has 0 spiro atoms. The van der Waals surface area contributed by atoms with Crippen LogP contribution >= 0.6 is 0 Å². The number of ether oxygens (including phenoxy) is 1. The van der Waals surface area contributed by atoms with Crippen molar-refractivity contribution in [3.8, 4) is 6.07 Å². The van der Waals surface area contributed by atoms with Gasteiger partial charge < -0.3 is 9.84 Å². The average Bonchev–Trinajstić information content (AvgIpc) is 2.37.